The van der Waals surface area contributed by atoms with Gasteiger partial charge in [0.2, 0.25) is 0 Å². The predicted molar refractivity (Wildman–Crippen MR) is 94.3 cm³/mol. The molecule has 0 saturated carbocycles. The summed E-state index contributed by atoms with van der Waals surface area (Å²) in [5, 5.41) is 15.8. The number of rotatable bonds is 5. The fraction of sp³-hybridized carbons (Fsp3) is 0.235. The number of nitrogens with one attached hydrogen (secondary N) is 2. The van der Waals surface area contributed by atoms with Crippen molar-refractivity contribution in [3.05, 3.63) is 64.1 Å². The van der Waals surface area contributed by atoms with E-state index in [0.717, 1.165) is 5.56 Å². The van der Waals surface area contributed by atoms with Gasteiger partial charge in [0.05, 0.1) is 23.4 Å². The quantitative estimate of drug-likeness (QED) is 0.751. The maximum atomic E-state index is 12.1. The summed E-state index contributed by atoms with van der Waals surface area (Å²) in [6, 6.07) is 13.6. The van der Waals surface area contributed by atoms with Crippen molar-refractivity contribution >= 4 is 34.9 Å². The highest BCUT2D eigenvalue weighted by atomic mass is 35.5. The first-order chi connectivity index (χ1) is 11.0. The number of anilines is 1. The Bertz CT molecular complexity index is 665. The standard InChI is InChI=1S/C17H18Cl2N2O2/c1-11(12-5-3-2-4-6-12)16(10-22)21-17(23)20-15-9-13(18)7-8-14(15)19/h2-9,11,16,22H,10H2,1H3,(H2,20,21,23). The molecule has 4 nitrogen and oxygen atoms in total. The Labute approximate surface area is 145 Å². The van der Waals surface area contributed by atoms with Crippen molar-refractivity contribution in [2.75, 3.05) is 11.9 Å². The third-order valence-corrected chi connectivity index (χ3v) is 4.18. The van der Waals surface area contributed by atoms with Gasteiger partial charge in [0.15, 0.2) is 0 Å². The van der Waals surface area contributed by atoms with Crippen molar-refractivity contribution in [2.45, 2.75) is 18.9 Å². The van der Waals surface area contributed by atoms with Crippen LogP contribution in [-0.4, -0.2) is 23.8 Å². The Morgan fingerprint density at radius 3 is 2.52 bits per heavy atom. The molecule has 23 heavy (non-hydrogen) atoms. The average Bonchev–Trinajstić information content (AvgIpc) is 2.56. The molecule has 2 unspecified atom stereocenters. The van der Waals surface area contributed by atoms with E-state index in [1.165, 1.54) is 0 Å². The molecule has 0 aliphatic rings. The van der Waals surface area contributed by atoms with E-state index in [1.54, 1.807) is 18.2 Å². The fourth-order valence-corrected chi connectivity index (χ4v) is 2.57. The first-order valence-electron chi connectivity index (χ1n) is 7.19. The summed E-state index contributed by atoms with van der Waals surface area (Å²) in [7, 11) is 0. The molecule has 122 valence electrons. The number of hydrogen-bond acceptors (Lipinski definition) is 2. The van der Waals surface area contributed by atoms with Crippen LogP contribution in [0.25, 0.3) is 0 Å². The van der Waals surface area contributed by atoms with E-state index in [2.05, 4.69) is 10.6 Å². The van der Waals surface area contributed by atoms with Crippen LogP contribution < -0.4 is 10.6 Å². The zero-order valence-corrected chi connectivity index (χ0v) is 14.1. The van der Waals surface area contributed by atoms with E-state index in [1.807, 2.05) is 37.3 Å². The number of benzene rings is 2. The van der Waals surface area contributed by atoms with Gasteiger partial charge in [-0.15, -0.1) is 0 Å². The first-order valence-corrected chi connectivity index (χ1v) is 7.95. The molecule has 0 fully saturated rings. The Morgan fingerprint density at radius 2 is 1.87 bits per heavy atom. The summed E-state index contributed by atoms with van der Waals surface area (Å²) < 4.78 is 0. The lowest BCUT2D eigenvalue weighted by Gasteiger charge is -2.24. The number of hydrogen-bond donors (Lipinski definition) is 3. The van der Waals surface area contributed by atoms with Gasteiger partial charge in [-0.25, -0.2) is 4.79 Å². The molecular weight excluding hydrogens is 335 g/mol. The van der Waals surface area contributed by atoms with Gasteiger partial charge < -0.3 is 15.7 Å². The largest absolute Gasteiger partial charge is 0.394 e. The number of carbonyl (C=O) groups is 1. The summed E-state index contributed by atoms with van der Waals surface area (Å²) in [6.45, 7) is 1.77. The highest BCUT2D eigenvalue weighted by Crippen LogP contribution is 2.25. The van der Waals surface area contributed by atoms with Crippen molar-refractivity contribution in [3.63, 3.8) is 0 Å². The Hall–Kier alpha value is -1.75. The van der Waals surface area contributed by atoms with Crippen LogP contribution in [0.3, 0.4) is 0 Å². The number of aliphatic hydroxyl groups excluding tert-OH is 1. The van der Waals surface area contributed by atoms with Gasteiger partial charge in [0.1, 0.15) is 0 Å². The van der Waals surface area contributed by atoms with Crippen LogP contribution in [0.1, 0.15) is 18.4 Å². The number of amides is 2. The molecule has 2 aromatic rings. The third-order valence-electron chi connectivity index (χ3n) is 3.62. The van der Waals surface area contributed by atoms with Gasteiger partial charge in [-0.3, -0.25) is 0 Å². The maximum absolute atomic E-state index is 12.1. The van der Waals surface area contributed by atoms with Gasteiger partial charge in [-0.2, -0.15) is 0 Å². The number of halogens is 2. The highest BCUT2D eigenvalue weighted by Gasteiger charge is 2.20. The zero-order valence-electron chi connectivity index (χ0n) is 12.6. The van der Waals surface area contributed by atoms with Gasteiger partial charge in [0.25, 0.3) is 0 Å². The van der Waals surface area contributed by atoms with Crippen LogP contribution in [0.15, 0.2) is 48.5 Å². The van der Waals surface area contributed by atoms with Gasteiger partial charge >= 0.3 is 6.03 Å². The van der Waals surface area contributed by atoms with Crippen LogP contribution in [-0.2, 0) is 0 Å². The number of urea groups is 1. The van der Waals surface area contributed by atoms with Crippen molar-refractivity contribution in [1.82, 2.24) is 5.32 Å². The fourth-order valence-electron chi connectivity index (χ4n) is 2.24. The first kappa shape index (κ1) is 17.6. The molecule has 0 bridgehead atoms. The van der Waals surface area contributed by atoms with Crippen molar-refractivity contribution in [1.29, 1.82) is 0 Å². The number of aliphatic hydroxyl groups is 1. The molecule has 0 aliphatic carbocycles. The molecule has 0 aromatic heterocycles. The van der Waals surface area contributed by atoms with E-state index in [-0.39, 0.29) is 12.5 Å². The van der Waals surface area contributed by atoms with E-state index < -0.39 is 12.1 Å². The predicted octanol–water partition coefficient (Wildman–Crippen LogP) is 4.28. The second-order valence-corrected chi connectivity index (χ2v) is 6.05. The molecule has 0 saturated heterocycles. The Balaban J connectivity index is 2.04. The third kappa shape index (κ3) is 4.86. The Kier molecular flexibility index (Phi) is 6.28. The van der Waals surface area contributed by atoms with Crippen LogP contribution in [0.4, 0.5) is 10.5 Å². The summed E-state index contributed by atoms with van der Waals surface area (Å²) in [5.74, 6) is -0.0400. The number of carbonyl (C=O) groups excluding carboxylic acids is 1. The lowest BCUT2D eigenvalue weighted by Crippen LogP contribution is -2.43. The molecule has 0 radical (unpaired) electrons. The second kappa shape index (κ2) is 8.20. The van der Waals surface area contributed by atoms with Crippen molar-refractivity contribution < 1.29 is 9.90 Å². The second-order valence-electron chi connectivity index (χ2n) is 5.21. The molecule has 0 heterocycles. The average molecular weight is 353 g/mol. The van der Waals surface area contributed by atoms with E-state index in [4.69, 9.17) is 23.2 Å². The minimum atomic E-state index is -0.448. The lowest BCUT2D eigenvalue weighted by molar-refractivity contribution is 0.215. The lowest BCUT2D eigenvalue weighted by atomic mass is 9.94. The molecule has 2 aromatic carbocycles. The monoisotopic (exact) mass is 352 g/mol. The summed E-state index contributed by atoms with van der Waals surface area (Å²) in [5.41, 5.74) is 1.45. The molecule has 3 N–H and O–H groups in total. The van der Waals surface area contributed by atoms with Crippen molar-refractivity contribution in [2.24, 2.45) is 0 Å². The Morgan fingerprint density at radius 1 is 1.17 bits per heavy atom. The summed E-state index contributed by atoms with van der Waals surface area (Å²) in [4.78, 5) is 12.1. The van der Waals surface area contributed by atoms with Gasteiger partial charge in [-0.05, 0) is 23.8 Å². The van der Waals surface area contributed by atoms with Gasteiger partial charge in [-0.1, -0.05) is 60.5 Å². The van der Waals surface area contributed by atoms with Crippen molar-refractivity contribution in [3.8, 4) is 0 Å². The van der Waals surface area contributed by atoms with Crippen LogP contribution >= 0.6 is 23.2 Å². The topological polar surface area (TPSA) is 61.4 Å². The molecule has 0 aliphatic heterocycles. The molecule has 2 rings (SSSR count). The van der Waals surface area contributed by atoms with Crippen LogP contribution in [0.2, 0.25) is 10.0 Å². The van der Waals surface area contributed by atoms with E-state index >= 15 is 0 Å². The van der Waals surface area contributed by atoms with Crippen LogP contribution in [0.5, 0.6) is 0 Å². The maximum Gasteiger partial charge on any atom is 0.319 e. The zero-order chi connectivity index (χ0) is 16.8. The highest BCUT2D eigenvalue weighted by molar-refractivity contribution is 6.35. The van der Waals surface area contributed by atoms with Crippen LogP contribution in [0, 0.1) is 0 Å². The minimum Gasteiger partial charge on any atom is -0.394 e. The smallest absolute Gasteiger partial charge is 0.319 e. The molecule has 2 atom stereocenters. The minimum absolute atomic E-state index is 0.0400. The SMILES string of the molecule is CC(c1ccccc1)C(CO)NC(=O)Nc1cc(Cl)ccc1Cl. The normalized spacial score (nSPS) is 13.2. The molecular formula is C17H18Cl2N2O2. The summed E-state index contributed by atoms with van der Waals surface area (Å²) >= 11 is 11.9. The van der Waals surface area contributed by atoms with E-state index in [0.29, 0.717) is 15.7 Å². The molecule has 6 heteroatoms. The summed E-state index contributed by atoms with van der Waals surface area (Å²) in [6.07, 6.45) is 0. The molecule has 2 amide bonds. The molecule has 0 spiro atoms. The van der Waals surface area contributed by atoms with Gasteiger partial charge in [0, 0.05) is 10.9 Å². The van der Waals surface area contributed by atoms with E-state index in [9.17, 15) is 9.90 Å².